The van der Waals surface area contributed by atoms with Gasteiger partial charge < -0.3 is 0 Å². The molecule has 1 rings (SSSR count). The van der Waals surface area contributed by atoms with Gasteiger partial charge in [-0.3, -0.25) is 0 Å². The Hall–Kier alpha value is -1.19. The molecule has 0 radical (unpaired) electrons. The molecule has 0 aliphatic carbocycles. The largest absolute Gasteiger partial charge is 0.115 e. The molecule has 0 spiro atoms. The lowest BCUT2D eigenvalue weighted by Crippen LogP contribution is -1.79. The molecule has 1 aromatic carbocycles. The Balaban J connectivity index is 3.34. The second-order valence-corrected chi connectivity index (χ2v) is 2.44. The molecule has 0 N–H and O–H groups in total. The van der Waals surface area contributed by atoms with Crippen molar-refractivity contribution >= 4 is 17.7 Å². The fourth-order valence-electron chi connectivity index (χ4n) is 0.819. The van der Waals surface area contributed by atoms with E-state index >= 15 is 0 Å². The van der Waals surface area contributed by atoms with Crippen LogP contribution in [0.3, 0.4) is 0 Å². The Labute approximate surface area is 71.5 Å². The van der Waals surface area contributed by atoms with E-state index in [9.17, 15) is 0 Å². The summed E-state index contributed by atoms with van der Waals surface area (Å²) in [6.45, 7) is 3.61. The minimum atomic E-state index is 0.602. The van der Waals surface area contributed by atoms with Gasteiger partial charge in [-0.25, -0.2) is 0 Å². The molecule has 1 heteroatoms. The number of benzene rings is 1. The van der Waals surface area contributed by atoms with Crippen LogP contribution in [-0.2, 0) is 0 Å². The van der Waals surface area contributed by atoms with Crippen molar-refractivity contribution in [3.8, 4) is 12.3 Å². The minimum Gasteiger partial charge on any atom is -0.115 e. The Morgan fingerprint density at radius 3 is 2.82 bits per heavy atom. The summed E-state index contributed by atoms with van der Waals surface area (Å²) in [5.74, 6) is 2.49. The van der Waals surface area contributed by atoms with Crippen molar-refractivity contribution in [1.29, 1.82) is 0 Å². The smallest absolute Gasteiger partial charge is 0.0634 e. The number of hydrogen-bond donors (Lipinski definition) is 0. The molecular weight excluding hydrogens is 156 g/mol. The molecule has 0 amide bonds. The van der Waals surface area contributed by atoms with E-state index in [1.165, 1.54) is 0 Å². The standard InChI is InChI=1S/C10H7Cl/c1-3-8-6-5-7-9(4-2)10(8)11/h1,4-7H,2H2. The van der Waals surface area contributed by atoms with Crippen LogP contribution in [0.5, 0.6) is 0 Å². The maximum atomic E-state index is 5.90. The molecule has 0 nitrogen and oxygen atoms in total. The molecule has 11 heavy (non-hydrogen) atoms. The Morgan fingerprint density at radius 1 is 1.55 bits per heavy atom. The average Bonchev–Trinajstić information content (AvgIpc) is 2.05. The summed E-state index contributed by atoms with van der Waals surface area (Å²) < 4.78 is 0. The third kappa shape index (κ3) is 1.45. The lowest BCUT2D eigenvalue weighted by Gasteiger charge is -1.98. The predicted molar refractivity (Wildman–Crippen MR) is 49.5 cm³/mol. The molecule has 0 aliphatic heterocycles. The van der Waals surface area contributed by atoms with E-state index in [2.05, 4.69) is 12.5 Å². The lowest BCUT2D eigenvalue weighted by molar-refractivity contribution is 1.61. The summed E-state index contributed by atoms with van der Waals surface area (Å²) in [6, 6.07) is 5.53. The van der Waals surface area contributed by atoms with Crippen LogP contribution in [0.2, 0.25) is 5.02 Å². The summed E-state index contributed by atoms with van der Waals surface area (Å²) in [5.41, 5.74) is 1.59. The van der Waals surface area contributed by atoms with Gasteiger partial charge in [0.2, 0.25) is 0 Å². The Bertz CT molecular complexity index is 318. The molecule has 0 saturated carbocycles. The van der Waals surface area contributed by atoms with Gasteiger partial charge in [-0.2, -0.15) is 0 Å². The monoisotopic (exact) mass is 162 g/mol. The van der Waals surface area contributed by atoms with Crippen LogP contribution in [0.15, 0.2) is 24.8 Å². The number of hydrogen-bond acceptors (Lipinski definition) is 0. The van der Waals surface area contributed by atoms with Crippen LogP contribution in [-0.4, -0.2) is 0 Å². The molecular formula is C10H7Cl. The van der Waals surface area contributed by atoms with Gasteiger partial charge in [0.05, 0.1) is 5.02 Å². The highest BCUT2D eigenvalue weighted by Crippen LogP contribution is 2.20. The van der Waals surface area contributed by atoms with Gasteiger partial charge in [0.1, 0.15) is 0 Å². The second kappa shape index (κ2) is 3.27. The topological polar surface area (TPSA) is 0 Å². The normalized spacial score (nSPS) is 8.73. The first-order valence-corrected chi connectivity index (χ1v) is 3.55. The Kier molecular flexibility index (Phi) is 2.36. The highest BCUT2D eigenvalue weighted by molar-refractivity contribution is 6.33. The van der Waals surface area contributed by atoms with E-state index in [0.29, 0.717) is 10.6 Å². The molecule has 0 atom stereocenters. The van der Waals surface area contributed by atoms with Crippen molar-refractivity contribution in [3.63, 3.8) is 0 Å². The SMILES string of the molecule is C#Cc1cccc(C=C)c1Cl. The lowest BCUT2D eigenvalue weighted by atomic mass is 10.1. The molecule has 0 saturated heterocycles. The fourth-order valence-corrected chi connectivity index (χ4v) is 1.08. The first-order valence-electron chi connectivity index (χ1n) is 3.17. The van der Waals surface area contributed by atoms with Crippen LogP contribution in [0.1, 0.15) is 11.1 Å². The van der Waals surface area contributed by atoms with Crippen LogP contribution in [0.25, 0.3) is 6.08 Å². The molecule has 54 valence electrons. The van der Waals surface area contributed by atoms with Gasteiger partial charge in [-0.15, -0.1) is 6.42 Å². The molecule has 0 aliphatic rings. The van der Waals surface area contributed by atoms with Crippen molar-refractivity contribution in [1.82, 2.24) is 0 Å². The summed E-state index contributed by atoms with van der Waals surface area (Å²) in [7, 11) is 0. The zero-order valence-electron chi connectivity index (χ0n) is 5.97. The van der Waals surface area contributed by atoms with Gasteiger partial charge in [0.15, 0.2) is 0 Å². The molecule has 0 aromatic heterocycles. The summed E-state index contributed by atoms with van der Waals surface area (Å²) in [5, 5.41) is 0.602. The molecule has 0 heterocycles. The van der Waals surface area contributed by atoms with Crippen molar-refractivity contribution < 1.29 is 0 Å². The first-order chi connectivity index (χ1) is 5.29. The number of halogens is 1. The molecule has 0 unspecified atom stereocenters. The van der Waals surface area contributed by atoms with Crippen molar-refractivity contribution in [2.45, 2.75) is 0 Å². The fraction of sp³-hybridized carbons (Fsp3) is 0. The maximum absolute atomic E-state index is 5.90. The van der Waals surface area contributed by atoms with E-state index in [1.54, 1.807) is 12.1 Å². The summed E-state index contributed by atoms with van der Waals surface area (Å²) >= 11 is 5.90. The van der Waals surface area contributed by atoms with E-state index < -0.39 is 0 Å². The summed E-state index contributed by atoms with van der Waals surface area (Å²) in [6.07, 6.45) is 6.89. The third-order valence-electron chi connectivity index (χ3n) is 1.40. The molecule has 0 fully saturated rings. The first kappa shape index (κ1) is 7.91. The highest BCUT2D eigenvalue weighted by Gasteiger charge is 1.98. The maximum Gasteiger partial charge on any atom is 0.0634 e. The second-order valence-electron chi connectivity index (χ2n) is 2.06. The van der Waals surface area contributed by atoms with Crippen LogP contribution < -0.4 is 0 Å². The predicted octanol–water partition coefficient (Wildman–Crippen LogP) is 2.96. The minimum absolute atomic E-state index is 0.602. The highest BCUT2D eigenvalue weighted by atomic mass is 35.5. The van der Waals surface area contributed by atoms with Crippen LogP contribution in [0.4, 0.5) is 0 Å². The third-order valence-corrected chi connectivity index (χ3v) is 1.83. The van der Waals surface area contributed by atoms with Gasteiger partial charge in [-0.1, -0.05) is 42.3 Å². The molecule has 1 aromatic rings. The van der Waals surface area contributed by atoms with Gasteiger partial charge in [-0.05, 0) is 11.6 Å². The van der Waals surface area contributed by atoms with E-state index in [1.807, 2.05) is 12.1 Å². The van der Waals surface area contributed by atoms with Gasteiger partial charge in [0, 0.05) is 5.56 Å². The van der Waals surface area contributed by atoms with Gasteiger partial charge in [0.25, 0.3) is 0 Å². The average molecular weight is 163 g/mol. The zero-order chi connectivity index (χ0) is 8.27. The van der Waals surface area contributed by atoms with Crippen molar-refractivity contribution in [2.75, 3.05) is 0 Å². The van der Waals surface area contributed by atoms with E-state index in [4.69, 9.17) is 18.0 Å². The van der Waals surface area contributed by atoms with Crippen LogP contribution >= 0.6 is 11.6 Å². The van der Waals surface area contributed by atoms with E-state index in [0.717, 1.165) is 5.56 Å². The zero-order valence-corrected chi connectivity index (χ0v) is 6.73. The summed E-state index contributed by atoms with van der Waals surface area (Å²) in [4.78, 5) is 0. The van der Waals surface area contributed by atoms with Gasteiger partial charge >= 0.3 is 0 Å². The van der Waals surface area contributed by atoms with Crippen molar-refractivity contribution in [2.24, 2.45) is 0 Å². The Morgan fingerprint density at radius 2 is 2.27 bits per heavy atom. The van der Waals surface area contributed by atoms with Crippen LogP contribution in [0, 0.1) is 12.3 Å². The number of terminal acetylenes is 1. The number of rotatable bonds is 1. The quantitative estimate of drug-likeness (QED) is 0.557. The van der Waals surface area contributed by atoms with Crippen molar-refractivity contribution in [3.05, 3.63) is 40.9 Å². The van der Waals surface area contributed by atoms with E-state index in [-0.39, 0.29) is 0 Å². The molecule has 0 bridgehead atoms.